The highest BCUT2D eigenvalue weighted by atomic mass is 16.3. The molecule has 1 saturated carbocycles. The Kier molecular flexibility index (Phi) is 5.12. The number of carbonyl (C=O) groups excluding carboxylic acids is 1. The minimum atomic E-state index is -0.919. The molecular weight excluding hydrogens is 408 g/mol. The number of hydrogen-bond acceptors (Lipinski definition) is 7. The third-order valence-corrected chi connectivity index (χ3v) is 5.52. The van der Waals surface area contributed by atoms with Crippen molar-refractivity contribution in [1.82, 2.24) is 19.7 Å². The molecule has 1 amide bonds. The first-order valence-electron chi connectivity index (χ1n) is 10.5. The van der Waals surface area contributed by atoms with Crippen molar-refractivity contribution in [2.24, 2.45) is 0 Å². The van der Waals surface area contributed by atoms with Crippen LogP contribution in [0.4, 0.5) is 11.5 Å². The number of rotatable bonds is 7. The minimum absolute atomic E-state index is 0.0590. The van der Waals surface area contributed by atoms with E-state index in [1.54, 1.807) is 18.3 Å². The number of aliphatic hydroxyl groups is 2. The summed E-state index contributed by atoms with van der Waals surface area (Å²) in [7, 11) is 0. The fourth-order valence-electron chi connectivity index (χ4n) is 3.64. The summed E-state index contributed by atoms with van der Waals surface area (Å²) in [6, 6.07) is 13.2. The third kappa shape index (κ3) is 3.83. The van der Waals surface area contributed by atoms with E-state index < -0.39 is 6.10 Å². The van der Waals surface area contributed by atoms with Gasteiger partial charge in [-0.1, -0.05) is 12.1 Å². The molecule has 2 aromatic carbocycles. The van der Waals surface area contributed by atoms with Gasteiger partial charge in [-0.05, 0) is 43.2 Å². The Hall–Kier alpha value is -3.69. The first-order chi connectivity index (χ1) is 15.5. The van der Waals surface area contributed by atoms with Gasteiger partial charge in [0.1, 0.15) is 0 Å². The van der Waals surface area contributed by atoms with Crippen LogP contribution in [0.1, 0.15) is 23.2 Å². The molecule has 1 fully saturated rings. The highest BCUT2D eigenvalue weighted by Gasteiger charge is 2.24. The lowest BCUT2D eigenvalue weighted by molar-refractivity contribution is 0.0951. The predicted octanol–water partition coefficient (Wildman–Crippen LogP) is 1.79. The van der Waals surface area contributed by atoms with Crippen LogP contribution in [0.3, 0.4) is 0 Å². The number of aliphatic hydroxyl groups excluding tert-OH is 2. The number of aromatic nitrogens is 3. The second-order valence-corrected chi connectivity index (χ2v) is 8.05. The number of benzene rings is 2. The van der Waals surface area contributed by atoms with Crippen LogP contribution in [-0.2, 0) is 0 Å². The molecule has 1 aliphatic carbocycles. The molecule has 0 spiro atoms. The Morgan fingerprint density at radius 1 is 1.22 bits per heavy atom. The molecule has 0 bridgehead atoms. The SMILES string of the molecule is Nc1ccc2c(c1)nc(NC[C@@H](O)CO)c1ncc(-c3ccc(C(=O)NC4CC4)cc3)n12. The van der Waals surface area contributed by atoms with Crippen LogP contribution < -0.4 is 16.4 Å². The first kappa shape index (κ1) is 20.2. The average Bonchev–Trinajstić information content (AvgIpc) is 3.51. The van der Waals surface area contributed by atoms with E-state index in [0.717, 1.165) is 29.6 Å². The maximum atomic E-state index is 12.3. The zero-order valence-electron chi connectivity index (χ0n) is 17.3. The Bertz CT molecular complexity index is 1300. The van der Waals surface area contributed by atoms with E-state index in [1.165, 1.54) is 0 Å². The molecule has 9 nitrogen and oxygen atoms in total. The van der Waals surface area contributed by atoms with Crippen LogP contribution in [0.2, 0.25) is 0 Å². The quantitative estimate of drug-likeness (QED) is 0.281. The molecule has 5 rings (SSSR count). The van der Waals surface area contributed by atoms with Crippen LogP contribution in [-0.4, -0.2) is 55.8 Å². The summed E-state index contributed by atoms with van der Waals surface area (Å²) in [6.45, 7) is -0.232. The number of carbonyl (C=O) groups is 1. The molecule has 2 aromatic heterocycles. The summed E-state index contributed by atoms with van der Waals surface area (Å²) < 4.78 is 1.97. The van der Waals surface area contributed by atoms with Crippen molar-refractivity contribution < 1.29 is 15.0 Å². The fourth-order valence-corrected chi connectivity index (χ4v) is 3.64. The molecular formula is C23H24N6O3. The third-order valence-electron chi connectivity index (χ3n) is 5.52. The van der Waals surface area contributed by atoms with Crippen LogP contribution >= 0.6 is 0 Å². The largest absolute Gasteiger partial charge is 0.399 e. The molecule has 164 valence electrons. The summed E-state index contributed by atoms with van der Waals surface area (Å²) in [6.07, 6.45) is 2.92. The van der Waals surface area contributed by atoms with Gasteiger partial charge in [0.15, 0.2) is 11.5 Å². The molecule has 0 radical (unpaired) electrons. The fraction of sp³-hybridized carbons (Fsp3) is 0.261. The highest BCUT2D eigenvalue weighted by Crippen LogP contribution is 2.29. The van der Waals surface area contributed by atoms with Crippen molar-refractivity contribution in [3.63, 3.8) is 0 Å². The van der Waals surface area contributed by atoms with E-state index in [1.807, 2.05) is 34.7 Å². The monoisotopic (exact) mass is 432 g/mol. The maximum absolute atomic E-state index is 12.3. The Morgan fingerprint density at radius 2 is 2.00 bits per heavy atom. The molecule has 32 heavy (non-hydrogen) atoms. The summed E-state index contributed by atoms with van der Waals surface area (Å²) in [5.74, 6) is 0.415. The molecule has 0 saturated heterocycles. The number of anilines is 2. The number of nitrogens with one attached hydrogen (secondary N) is 2. The minimum Gasteiger partial charge on any atom is -0.399 e. The van der Waals surface area contributed by atoms with E-state index in [9.17, 15) is 9.90 Å². The van der Waals surface area contributed by atoms with E-state index in [4.69, 9.17) is 10.8 Å². The number of nitrogen functional groups attached to an aromatic ring is 1. The lowest BCUT2D eigenvalue weighted by Crippen LogP contribution is -2.25. The number of nitrogens with two attached hydrogens (primary N) is 1. The Labute approximate surface area is 183 Å². The highest BCUT2D eigenvalue weighted by molar-refractivity contribution is 5.95. The van der Waals surface area contributed by atoms with Gasteiger partial charge >= 0.3 is 0 Å². The van der Waals surface area contributed by atoms with E-state index in [2.05, 4.69) is 20.6 Å². The Balaban J connectivity index is 1.58. The van der Waals surface area contributed by atoms with Crippen molar-refractivity contribution in [2.75, 3.05) is 24.2 Å². The van der Waals surface area contributed by atoms with E-state index in [0.29, 0.717) is 34.3 Å². The molecule has 0 unspecified atom stereocenters. The average molecular weight is 432 g/mol. The van der Waals surface area contributed by atoms with Gasteiger partial charge in [0.25, 0.3) is 5.91 Å². The van der Waals surface area contributed by atoms with Crippen molar-refractivity contribution in [1.29, 1.82) is 0 Å². The molecule has 2 heterocycles. The summed E-state index contributed by atoms with van der Waals surface area (Å²) in [4.78, 5) is 21.5. The van der Waals surface area contributed by atoms with Gasteiger partial charge in [0.2, 0.25) is 0 Å². The van der Waals surface area contributed by atoms with Crippen molar-refractivity contribution in [3.8, 4) is 11.3 Å². The number of fused-ring (bicyclic) bond motifs is 3. The molecule has 1 atom stereocenters. The number of amides is 1. The normalized spacial score (nSPS) is 14.6. The summed E-state index contributed by atoms with van der Waals surface area (Å²) in [5, 5.41) is 24.9. The van der Waals surface area contributed by atoms with Gasteiger partial charge in [0.05, 0.1) is 35.6 Å². The van der Waals surface area contributed by atoms with Crippen molar-refractivity contribution in [3.05, 3.63) is 54.2 Å². The zero-order valence-corrected chi connectivity index (χ0v) is 17.3. The first-order valence-corrected chi connectivity index (χ1v) is 10.5. The van der Waals surface area contributed by atoms with Gasteiger partial charge in [0, 0.05) is 29.4 Å². The molecule has 0 aliphatic heterocycles. The second-order valence-electron chi connectivity index (χ2n) is 8.05. The van der Waals surface area contributed by atoms with Gasteiger partial charge < -0.3 is 26.6 Å². The lowest BCUT2D eigenvalue weighted by Gasteiger charge is -2.13. The summed E-state index contributed by atoms with van der Waals surface area (Å²) in [5.41, 5.74) is 11.0. The van der Waals surface area contributed by atoms with Gasteiger partial charge in [-0.2, -0.15) is 0 Å². The topological polar surface area (TPSA) is 138 Å². The van der Waals surface area contributed by atoms with Gasteiger partial charge in [-0.15, -0.1) is 0 Å². The molecule has 6 N–H and O–H groups in total. The number of hydrogen-bond donors (Lipinski definition) is 5. The zero-order chi connectivity index (χ0) is 22.2. The number of nitrogens with zero attached hydrogens (tertiary/aromatic N) is 3. The van der Waals surface area contributed by atoms with Gasteiger partial charge in [-0.3, -0.25) is 9.20 Å². The van der Waals surface area contributed by atoms with Crippen LogP contribution in [0.15, 0.2) is 48.7 Å². The second kappa shape index (κ2) is 8.10. The van der Waals surface area contributed by atoms with E-state index in [-0.39, 0.29) is 19.1 Å². The van der Waals surface area contributed by atoms with Crippen LogP contribution in [0.5, 0.6) is 0 Å². The van der Waals surface area contributed by atoms with Crippen LogP contribution in [0, 0.1) is 0 Å². The smallest absolute Gasteiger partial charge is 0.251 e. The number of imidazole rings is 1. The van der Waals surface area contributed by atoms with Gasteiger partial charge in [-0.25, -0.2) is 9.97 Å². The Morgan fingerprint density at radius 3 is 2.72 bits per heavy atom. The van der Waals surface area contributed by atoms with Crippen molar-refractivity contribution in [2.45, 2.75) is 25.0 Å². The summed E-state index contributed by atoms with van der Waals surface area (Å²) >= 11 is 0. The van der Waals surface area contributed by atoms with Crippen molar-refractivity contribution >= 4 is 34.1 Å². The molecule has 4 aromatic rings. The molecule has 1 aliphatic rings. The standard InChI is InChI=1S/C23H24N6O3/c24-15-5-8-19-18(9-15)28-21(25-10-17(31)12-30)22-26-11-20(29(19)22)13-1-3-14(4-2-13)23(32)27-16-6-7-16/h1-5,8-9,11,16-17,30-31H,6-7,10,12,24H2,(H,25,28)(H,27,32)/t17-/m1/s1. The lowest BCUT2D eigenvalue weighted by atomic mass is 10.1. The maximum Gasteiger partial charge on any atom is 0.251 e. The molecule has 9 heteroatoms. The van der Waals surface area contributed by atoms with Crippen LogP contribution in [0.25, 0.3) is 27.9 Å². The van der Waals surface area contributed by atoms with E-state index >= 15 is 0 Å². The predicted molar refractivity (Wildman–Crippen MR) is 122 cm³/mol.